The lowest BCUT2D eigenvalue weighted by Crippen LogP contribution is -2.28. The second-order valence-electron chi connectivity index (χ2n) is 3.45. The standard InChI is InChI=1S/C10H11F2NO5S/c11-7-3-8(12)5-9(4-7)19(16,17)13-1-2-18-6-10(14)15/h3-5,13H,1-2,6H2,(H,14,15). The predicted molar refractivity (Wildman–Crippen MR) is 60.0 cm³/mol. The number of benzene rings is 1. The third-order valence-electron chi connectivity index (χ3n) is 1.91. The summed E-state index contributed by atoms with van der Waals surface area (Å²) in [7, 11) is -4.06. The van der Waals surface area contributed by atoms with Crippen LogP contribution in [0.15, 0.2) is 23.1 Å². The highest BCUT2D eigenvalue weighted by Crippen LogP contribution is 2.13. The van der Waals surface area contributed by atoms with Gasteiger partial charge in [0.1, 0.15) is 18.2 Å². The van der Waals surface area contributed by atoms with Crippen molar-refractivity contribution in [3.05, 3.63) is 29.8 Å². The number of nitrogens with one attached hydrogen (secondary N) is 1. The van der Waals surface area contributed by atoms with Gasteiger partial charge in [0.2, 0.25) is 10.0 Å². The average Bonchev–Trinajstić information content (AvgIpc) is 2.26. The van der Waals surface area contributed by atoms with Crippen molar-refractivity contribution >= 4 is 16.0 Å². The third kappa shape index (κ3) is 5.28. The van der Waals surface area contributed by atoms with E-state index >= 15 is 0 Å². The molecule has 1 aromatic rings. The van der Waals surface area contributed by atoms with Gasteiger partial charge in [0.05, 0.1) is 11.5 Å². The third-order valence-corrected chi connectivity index (χ3v) is 3.35. The molecule has 1 aromatic carbocycles. The van der Waals surface area contributed by atoms with Crippen molar-refractivity contribution in [2.75, 3.05) is 19.8 Å². The van der Waals surface area contributed by atoms with Crippen LogP contribution in [0.1, 0.15) is 0 Å². The van der Waals surface area contributed by atoms with Crippen molar-refractivity contribution < 1.29 is 31.8 Å². The Balaban J connectivity index is 2.58. The Morgan fingerprint density at radius 1 is 1.26 bits per heavy atom. The number of halogens is 2. The van der Waals surface area contributed by atoms with Crippen LogP contribution in [0.25, 0.3) is 0 Å². The molecule has 19 heavy (non-hydrogen) atoms. The van der Waals surface area contributed by atoms with E-state index in [2.05, 4.69) is 4.74 Å². The Morgan fingerprint density at radius 2 is 1.84 bits per heavy atom. The summed E-state index contributed by atoms with van der Waals surface area (Å²) in [4.78, 5) is 9.56. The van der Waals surface area contributed by atoms with Gasteiger partial charge in [-0.25, -0.2) is 26.7 Å². The quantitative estimate of drug-likeness (QED) is 0.708. The average molecular weight is 295 g/mol. The summed E-state index contributed by atoms with van der Waals surface area (Å²) in [6.07, 6.45) is 0. The minimum atomic E-state index is -4.06. The number of rotatable bonds is 7. The molecule has 0 atom stereocenters. The predicted octanol–water partition coefficient (Wildman–Crippen LogP) is 0.344. The van der Waals surface area contributed by atoms with Crippen molar-refractivity contribution in [2.24, 2.45) is 0 Å². The molecule has 0 aromatic heterocycles. The molecule has 0 saturated heterocycles. The van der Waals surface area contributed by atoms with E-state index in [-0.39, 0.29) is 13.2 Å². The first kappa shape index (κ1) is 15.5. The zero-order valence-corrected chi connectivity index (χ0v) is 10.4. The van der Waals surface area contributed by atoms with Crippen LogP contribution in [-0.2, 0) is 19.6 Å². The fourth-order valence-corrected chi connectivity index (χ4v) is 2.23. The number of carboxylic acids is 1. The fourth-order valence-electron chi connectivity index (χ4n) is 1.17. The number of carboxylic acid groups (broad SMARTS) is 1. The van der Waals surface area contributed by atoms with Crippen molar-refractivity contribution in [3.63, 3.8) is 0 Å². The first-order chi connectivity index (χ1) is 8.81. The van der Waals surface area contributed by atoms with Gasteiger partial charge in [-0.05, 0) is 12.1 Å². The highest BCUT2D eigenvalue weighted by atomic mass is 32.2. The molecule has 0 unspecified atom stereocenters. The van der Waals surface area contributed by atoms with Crippen LogP contribution in [0.5, 0.6) is 0 Å². The molecule has 2 N–H and O–H groups in total. The molecule has 0 aliphatic rings. The van der Waals surface area contributed by atoms with E-state index in [4.69, 9.17) is 5.11 Å². The van der Waals surface area contributed by atoms with Crippen LogP contribution < -0.4 is 4.72 Å². The molecule has 0 amide bonds. The molecule has 0 fully saturated rings. The first-order valence-electron chi connectivity index (χ1n) is 5.06. The Bertz CT molecular complexity index is 541. The molecule has 6 nitrogen and oxygen atoms in total. The number of hydrogen-bond donors (Lipinski definition) is 2. The van der Waals surface area contributed by atoms with E-state index in [1.54, 1.807) is 0 Å². The van der Waals surface area contributed by atoms with Crippen LogP contribution in [0.3, 0.4) is 0 Å². The Hall–Kier alpha value is -1.58. The van der Waals surface area contributed by atoms with Gasteiger partial charge >= 0.3 is 5.97 Å². The lowest BCUT2D eigenvalue weighted by atomic mass is 10.3. The van der Waals surface area contributed by atoms with E-state index < -0.39 is 39.1 Å². The maximum atomic E-state index is 12.9. The fraction of sp³-hybridized carbons (Fsp3) is 0.300. The molecule has 9 heteroatoms. The molecular formula is C10H11F2NO5S. The summed E-state index contributed by atoms with van der Waals surface area (Å²) in [6, 6.07) is 1.89. The van der Waals surface area contributed by atoms with E-state index in [0.29, 0.717) is 18.2 Å². The summed E-state index contributed by atoms with van der Waals surface area (Å²) in [5, 5.41) is 8.26. The molecule has 0 spiro atoms. The number of hydrogen-bond acceptors (Lipinski definition) is 4. The van der Waals surface area contributed by atoms with Gasteiger partial charge in [0.15, 0.2) is 0 Å². The summed E-state index contributed by atoms with van der Waals surface area (Å²) < 4.78 is 55.6. The molecule has 0 aliphatic heterocycles. The van der Waals surface area contributed by atoms with Crippen LogP contribution in [0.4, 0.5) is 8.78 Å². The Morgan fingerprint density at radius 3 is 2.37 bits per heavy atom. The van der Waals surface area contributed by atoms with Crippen LogP contribution in [0.2, 0.25) is 0 Å². The van der Waals surface area contributed by atoms with E-state index in [1.807, 2.05) is 4.72 Å². The summed E-state index contributed by atoms with van der Waals surface area (Å²) in [5.41, 5.74) is 0. The monoisotopic (exact) mass is 295 g/mol. The molecular weight excluding hydrogens is 284 g/mol. The molecule has 0 saturated carbocycles. The molecule has 1 rings (SSSR count). The van der Waals surface area contributed by atoms with Gasteiger partial charge in [-0.3, -0.25) is 0 Å². The SMILES string of the molecule is O=C(O)COCCNS(=O)(=O)c1cc(F)cc(F)c1. The minimum absolute atomic E-state index is 0.177. The second-order valence-corrected chi connectivity index (χ2v) is 5.22. The highest BCUT2D eigenvalue weighted by molar-refractivity contribution is 7.89. The number of aliphatic carboxylic acids is 1. The summed E-state index contributed by atoms with van der Waals surface area (Å²) in [5.74, 6) is -3.21. The maximum Gasteiger partial charge on any atom is 0.329 e. The van der Waals surface area contributed by atoms with Crippen LogP contribution in [0, 0.1) is 11.6 Å². The lowest BCUT2D eigenvalue weighted by molar-refractivity contribution is -0.142. The van der Waals surface area contributed by atoms with E-state index in [1.165, 1.54) is 0 Å². The largest absolute Gasteiger partial charge is 0.480 e. The summed E-state index contributed by atoms with van der Waals surface area (Å²) >= 11 is 0. The number of carbonyl (C=O) groups is 1. The van der Waals surface area contributed by atoms with Gasteiger partial charge in [-0.1, -0.05) is 0 Å². The van der Waals surface area contributed by atoms with Crippen LogP contribution >= 0.6 is 0 Å². The van der Waals surface area contributed by atoms with Gasteiger partial charge in [0.25, 0.3) is 0 Å². The molecule has 0 aliphatic carbocycles. The van der Waals surface area contributed by atoms with Gasteiger partial charge < -0.3 is 9.84 Å². The van der Waals surface area contributed by atoms with E-state index in [9.17, 15) is 22.0 Å². The van der Waals surface area contributed by atoms with Crippen molar-refractivity contribution in [2.45, 2.75) is 4.90 Å². The first-order valence-corrected chi connectivity index (χ1v) is 6.55. The van der Waals surface area contributed by atoms with Crippen molar-refractivity contribution in [1.29, 1.82) is 0 Å². The zero-order chi connectivity index (χ0) is 14.5. The molecule has 0 radical (unpaired) electrons. The summed E-state index contributed by atoms with van der Waals surface area (Å²) in [6.45, 7) is -0.951. The van der Waals surface area contributed by atoms with Crippen LogP contribution in [-0.4, -0.2) is 39.3 Å². The zero-order valence-electron chi connectivity index (χ0n) is 9.60. The maximum absolute atomic E-state index is 12.9. The molecule has 0 bridgehead atoms. The minimum Gasteiger partial charge on any atom is -0.480 e. The van der Waals surface area contributed by atoms with Gasteiger partial charge in [-0.15, -0.1) is 0 Å². The van der Waals surface area contributed by atoms with Crippen molar-refractivity contribution in [1.82, 2.24) is 4.72 Å². The normalized spacial score (nSPS) is 11.5. The Labute approximate surface area is 108 Å². The topological polar surface area (TPSA) is 92.7 Å². The molecule has 0 heterocycles. The van der Waals surface area contributed by atoms with Gasteiger partial charge in [0, 0.05) is 12.6 Å². The lowest BCUT2D eigenvalue weighted by Gasteiger charge is -2.07. The number of sulfonamides is 1. The smallest absolute Gasteiger partial charge is 0.329 e. The van der Waals surface area contributed by atoms with Crippen molar-refractivity contribution in [3.8, 4) is 0 Å². The van der Waals surface area contributed by atoms with Gasteiger partial charge in [-0.2, -0.15) is 0 Å². The molecule has 106 valence electrons. The van der Waals surface area contributed by atoms with E-state index in [0.717, 1.165) is 0 Å². The Kier molecular flexibility index (Phi) is 5.33. The number of ether oxygens (including phenoxy) is 1. The second kappa shape index (κ2) is 6.55. The highest BCUT2D eigenvalue weighted by Gasteiger charge is 2.15.